The summed E-state index contributed by atoms with van der Waals surface area (Å²) in [5.74, 6) is 0.684. The number of rotatable bonds is 9. The van der Waals surface area contributed by atoms with Crippen LogP contribution in [0.5, 0.6) is 0 Å². The van der Waals surface area contributed by atoms with Crippen LogP contribution in [0.1, 0.15) is 29.1 Å². The van der Waals surface area contributed by atoms with Crippen LogP contribution in [0, 0.1) is 0 Å². The lowest BCUT2D eigenvalue weighted by molar-refractivity contribution is -0.121. The fraction of sp³-hybridized carbons (Fsp3) is 0.238. The van der Waals surface area contributed by atoms with Crippen molar-refractivity contribution in [3.05, 3.63) is 71.1 Å². The van der Waals surface area contributed by atoms with E-state index in [1.807, 2.05) is 30.3 Å². The Kier molecular flexibility index (Phi) is 7.35. The van der Waals surface area contributed by atoms with E-state index in [4.69, 9.17) is 16.0 Å². The second-order valence-electron chi connectivity index (χ2n) is 6.33. The molecule has 7 nitrogen and oxygen atoms in total. The fourth-order valence-electron chi connectivity index (χ4n) is 2.62. The first-order chi connectivity index (χ1) is 14.1. The van der Waals surface area contributed by atoms with Gasteiger partial charge in [0, 0.05) is 42.1 Å². The van der Waals surface area contributed by atoms with Gasteiger partial charge >= 0.3 is 0 Å². The van der Waals surface area contributed by atoms with Crippen molar-refractivity contribution in [2.75, 3.05) is 13.1 Å². The lowest BCUT2D eigenvalue weighted by atomic mass is 10.2. The molecule has 0 spiro atoms. The second-order valence-corrected chi connectivity index (χ2v) is 6.77. The molecule has 2 amide bonds. The number of aryl methyl sites for hydroxylation is 1. The maximum Gasteiger partial charge on any atom is 0.251 e. The molecule has 0 saturated carbocycles. The maximum atomic E-state index is 11.9. The third kappa shape index (κ3) is 6.43. The third-order valence-corrected chi connectivity index (χ3v) is 4.37. The Labute approximate surface area is 173 Å². The molecular weight excluding hydrogens is 392 g/mol. The number of hydrogen-bond acceptors (Lipinski definition) is 5. The predicted molar refractivity (Wildman–Crippen MR) is 109 cm³/mol. The summed E-state index contributed by atoms with van der Waals surface area (Å²) in [6, 6.07) is 16.1. The molecule has 2 N–H and O–H groups in total. The Balaban J connectivity index is 1.31. The van der Waals surface area contributed by atoms with Gasteiger partial charge in [-0.05, 0) is 42.8 Å². The number of aromatic nitrogens is 2. The molecular formula is C21H21ClN4O3. The van der Waals surface area contributed by atoms with E-state index in [-0.39, 0.29) is 11.8 Å². The van der Waals surface area contributed by atoms with Crippen LogP contribution in [0.4, 0.5) is 0 Å². The summed E-state index contributed by atoms with van der Waals surface area (Å²) in [7, 11) is 0. The number of halogens is 1. The van der Waals surface area contributed by atoms with Crippen LogP contribution in [0.2, 0.25) is 5.02 Å². The van der Waals surface area contributed by atoms with Gasteiger partial charge in [0.05, 0.1) is 0 Å². The molecule has 0 bridgehead atoms. The summed E-state index contributed by atoms with van der Waals surface area (Å²) in [6.07, 6.45) is 1.47. The summed E-state index contributed by atoms with van der Waals surface area (Å²) in [5, 5.41) is 14.1. The van der Waals surface area contributed by atoms with Crippen LogP contribution >= 0.6 is 11.6 Å². The predicted octanol–water partition coefficient (Wildman–Crippen LogP) is 3.26. The van der Waals surface area contributed by atoms with E-state index in [1.54, 1.807) is 24.3 Å². The number of carbonyl (C=O) groups is 2. The largest absolute Gasteiger partial charge is 0.421 e. The Bertz CT molecular complexity index is 942. The Morgan fingerprint density at radius 3 is 2.41 bits per heavy atom. The average Bonchev–Trinajstić information content (AvgIpc) is 3.21. The SMILES string of the molecule is O=C(CCCc1nnc(-c2ccccc2)o1)NCCNC(=O)c1ccc(Cl)cc1. The highest BCUT2D eigenvalue weighted by Crippen LogP contribution is 2.17. The van der Waals surface area contributed by atoms with E-state index < -0.39 is 0 Å². The molecule has 0 atom stereocenters. The smallest absolute Gasteiger partial charge is 0.251 e. The highest BCUT2D eigenvalue weighted by atomic mass is 35.5. The first kappa shape index (κ1) is 20.5. The zero-order valence-corrected chi connectivity index (χ0v) is 16.5. The highest BCUT2D eigenvalue weighted by molar-refractivity contribution is 6.30. The third-order valence-electron chi connectivity index (χ3n) is 4.12. The van der Waals surface area contributed by atoms with Crippen LogP contribution in [0.15, 0.2) is 59.0 Å². The molecule has 0 fully saturated rings. The van der Waals surface area contributed by atoms with Crippen molar-refractivity contribution in [2.45, 2.75) is 19.3 Å². The highest BCUT2D eigenvalue weighted by Gasteiger charge is 2.09. The van der Waals surface area contributed by atoms with Crippen molar-refractivity contribution in [2.24, 2.45) is 0 Å². The number of nitrogens with zero attached hydrogens (tertiary/aromatic N) is 2. The first-order valence-electron chi connectivity index (χ1n) is 9.30. The van der Waals surface area contributed by atoms with Gasteiger partial charge in [-0.1, -0.05) is 29.8 Å². The van der Waals surface area contributed by atoms with Crippen molar-refractivity contribution >= 4 is 23.4 Å². The molecule has 2 aromatic carbocycles. The van der Waals surface area contributed by atoms with Gasteiger partial charge in [-0.3, -0.25) is 9.59 Å². The van der Waals surface area contributed by atoms with Gasteiger partial charge in [0.15, 0.2) is 0 Å². The van der Waals surface area contributed by atoms with E-state index in [9.17, 15) is 9.59 Å². The van der Waals surface area contributed by atoms with E-state index >= 15 is 0 Å². The topological polar surface area (TPSA) is 97.1 Å². The van der Waals surface area contributed by atoms with E-state index in [2.05, 4.69) is 20.8 Å². The maximum absolute atomic E-state index is 11.9. The van der Waals surface area contributed by atoms with Crippen molar-refractivity contribution < 1.29 is 14.0 Å². The van der Waals surface area contributed by atoms with Gasteiger partial charge < -0.3 is 15.1 Å². The lowest BCUT2D eigenvalue weighted by Crippen LogP contribution is -2.34. The summed E-state index contributed by atoms with van der Waals surface area (Å²) in [6.45, 7) is 0.703. The molecule has 0 aliphatic carbocycles. The minimum atomic E-state index is -0.207. The Morgan fingerprint density at radius 2 is 1.66 bits per heavy atom. The molecule has 0 radical (unpaired) electrons. The minimum absolute atomic E-state index is 0.0893. The van der Waals surface area contributed by atoms with Gasteiger partial charge in [-0.2, -0.15) is 0 Å². The molecule has 150 valence electrons. The molecule has 1 aromatic heterocycles. The average molecular weight is 413 g/mol. The van der Waals surface area contributed by atoms with Crippen molar-refractivity contribution in [1.29, 1.82) is 0 Å². The number of carbonyl (C=O) groups excluding carboxylic acids is 2. The number of amides is 2. The Morgan fingerprint density at radius 1 is 0.931 bits per heavy atom. The van der Waals surface area contributed by atoms with Crippen molar-refractivity contribution in [3.8, 4) is 11.5 Å². The van der Waals surface area contributed by atoms with Crippen molar-refractivity contribution in [3.63, 3.8) is 0 Å². The monoisotopic (exact) mass is 412 g/mol. The molecule has 8 heteroatoms. The van der Waals surface area contributed by atoms with E-state index in [0.717, 1.165) is 5.56 Å². The summed E-state index contributed by atoms with van der Waals surface area (Å²) >= 11 is 5.80. The van der Waals surface area contributed by atoms with Crippen LogP contribution in [-0.2, 0) is 11.2 Å². The van der Waals surface area contributed by atoms with Gasteiger partial charge in [-0.15, -0.1) is 10.2 Å². The molecule has 29 heavy (non-hydrogen) atoms. The molecule has 0 aliphatic heterocycles. The van der Waals surface area contributed by atoms with Gasteiger partial charge in [-0.25, -0.2) is 0 Å². The zero-order valence-electron chi connectivity index (χ0n) is 15.7. The number of benzene rings is 2. The fourth-order valence-corrected chi connectivity index (χ4v) is 2.75. The van der Waals surface area contributed by atoms with E-state index in [0.29, 0.717) is 54.7 Å². The van der Waals surface area contributed by atoms with Crippen LogP contribution in [0.3, 0.4) is 0 Å². The van der Waals surface area contributed by atoms with E-state index in [1.165, 1.54) is 0 Å². The van der Waals surface area contributed by atoms with Crippen LogP contribution in [0.25, 0.3) is 11.5 Å². The molecule has 0 aliphatic rings. The molecule has 1 heterocycles. The second kappa shape index (κ2) is 10.4. The summed E-state index contributed by atoms with van der Waals surface area (Å²) in [4.78, 5) is 23.9. The lowest BCUT2D eigenvalue weighted by Gasteiger charge is -2.07. The van der Waals surface area contributed by atoms with Crippen molar-refractivity contribution in [1.82, 2.24) is 20.8 Å². The number of hydrogen-bond donors (Lipinski definition) is 2. The zero-order chi connectivity index (χ0) is 20.5. The summed E-state index contributed by atoms with van der Waals surface area (Å²) < 4.78 is 5.62. The van der Waals surface area contributed by atoms with Gasteiger partial charge in [0.25, 0.3) is 5.91 Å². The Hall–Kier alpha value is -3.19. The van der Waals surface area contributed by atoms with Gasteiger partial charge in [0.1, 0.15) is 0 Å². The molecule has 3 rings (SSSR count). The van der Waals surface area contributed by atoms with Crippen LogP contribution in [-0.4, -0.2) is 35.1 Å². The standard InChI is InChI=1S/C21H21ClN4O3/c22-17-11-9-15(10-12-17)20(28)24-14-13-23-18(27)7-4-8-19-25-26-21(29-19)16-5-2-1-3-6-16/h1-3,5-6,9-12H,4,7-8,13-14H2,(H,23,27)(H,24,28). The number of nitrogens with one attached hydrogen (secondary N) is 2. The van der Waals surface area contributed by atoms with Crippen LogP contribution < -0.4 is 10.6 Å². The summed E-state index contributed by atoms with van der Waals surface area (Å²) in [5.41, 5.74) is 1.39. The molecule has 0 unspecified atom stereocenters. The quantitative estimate of drug-likeness (QED) is 0.526. The normalized spacial score (nSPS) is 10.5. The molecule has 0 saturated heterocycles. The van der Waals surface area contributed by atoms with Gasteiger partial charge in [0.2, 0.25) is 17.7 Å². The first-order valence-corrected chi connectivity index (χ1v) is 9.68. The minimum Gasteiger partial charge on any atom is -0.421 e. The molecule has 3 aromatic rings.